The van der Waals surface area contributed by atoms with Gasteiger partial charge in [0.1, 0.15) is 11.3 Å². The van der Waals surface area contributed by atoms with E-state index in [0.29, 0.717) is 16.9 Å². The number of hydrogen-bond donors (Lipinski definition) is 0. The van der Waals surface area contributed by atoms with Crippen molar-refractivity contribution in [3.63, 3.8) is 0 Å². The third kappa shape index (κ3) is 1.96. The minimum absolute atomic E-state index is 0.0116. The number of Topliss-reactive ketones (excluding diaryl/α,β-unsaturated/α-hetero) is 1. The molecule has 0 aliphatic carbocycles. The van der Waals surface area contributed by atoms with Gasteiger partial charge < -0.3 is 9.15 Å². The van der Waals surface area contributed by atoms with Crippen LogP contribution in [0.5, 0.6) is 5.75 Å². The van der Waals surface area contributed by atoms with Crippen molar-refractivity contribution in [2.75, 3.05) is 13.1 Å². The molecule has 1 aromatic heterocycles. The van der Waals surface area contributed by atoms with Crippen molar-refractivity contribution in [1.82, 2.24) is 4.90 Å². The number of rotatable bonds is 2. The number of fused-ring (bicyclic) bond motifs is 2. The third-order valence-electron chi connectivity index (χ3n) is 4.92. The lowest BCUT2D eigenvalue weighted by molar-refractivity contribution is -0.0657. The van der Waals surface area contributed by atoms with Crippen LogP contribution in [-0.4, -0.2) is 29.5 Å². The monoisotopic (exact) mass is 313 g/mol. The topological polar surface area (TPSA) is 59.8 Å². The second-order valence-corrected chi connectivity index (χ2v) is 6.62. The van der Waals surface area contributed by atoms with Crippen LogP contribution in [0.1, 0.15) is 37.0 Å². The van der Waals surface area contributed by atoms with Crippen LogP contribution >= 0.6 is 0 Å². The summed E-state index contributed by atoms with van der Waals surface area (Å²) in [6.45, 7) is 5.77. The lowest BCUT2D eigenvalue weighted by Gasteiger charge is -2.39. The van der Waals surface area contributed by atoms with Gasteiger partial charge in [-0.25, -0.2) is 4.79 Å². The van der Waals surface area contributed by atoms with Gasteiger partial charge in [-0.2, -0.15) is 0 Å². The Bertz CT molecular complexity index is 848. The van der Waals surface area contributed by atoms with Crippen molar-refractivity contribution in [1.29, 1.82) is 0 Å². The van der Waals surface area contributed by atoms with Gasteiger partial charge in [-0.05, 0) is 25.0 Å². The molecule has 3 heterocycles. The summed E-state index contributed by atoms with van der Waals surface area (Å²) >= 11 is 0. The molecule has 1 fully saturated rings. The lowest BCUT2D eigenvalue weighted by Crippen LogP contribution is -2.58. The fraction of sp³-hybridized carbons (Fsp3) is 0.444. The summed E-state index contributed by atoms with van der Waals surface area (Å²) in [5.41, 5.74) is -0.315. The summed E-state index contributed by atoms with van der Waals surface area (Å²) in [6, 6.07) is 6.49. The molecule has 0 bridgehead atoms. The standard InChI is InChI=1S/C18H19NO4/c1-11(2)18(19-7-3-4-8-19)17(21)13-9-12-5-6-16(20)22-14(12)10-15(13)23-18/h5-6,9-11H,3-4,7-8H2,1-2H3. The van der Waals surface area contributed by atoms with E-state index in [-0.39, 0.29) is 11.7 Å². The summed E-state index contributed by atoms with van der Waals surface area (Å²) in [4.78, 5) is 26.8. The van der Waals surface area contributed by atoms with E-state index in [9.17, 15) is 9.59 Å². The van der Waals surface area contributed by atoms with E-state index in [1.165, 1.54) is 6.07 Å². The molecule has 1 saturated heterocycles. The number of nitrogens with zero attached hydrogens (tertiary/aromatic N) is 1. The molecule has 2 aromatic rings. The molecule has 0 N–H and O–H groups in total. The van der Waals surface area contributed by atoms with Gasteiger partial charge in [0.15, 0.2) is 0 Å². The second-order valence-electron chi connectivity index (χ2n) is 6.62. The normalized spacial score (nSPS) is 24.4. The highest BCUT2D eigenvalue weighted by atomic mass is 16.5. The maximum absolute atomic E-state index is 13.2. The van der Waals surface area contributed by atoms with Crippen LogP contribution in [0.15, 0.2) is 33.5 Å². The number of benzene rings is 1. The Hall–Kier alpha value is -2.14. The van der Waals surface area contributed by atoms with Crippen molar-refractivity contribution in [2.45, 2.75) is 32.4 Å². The zero-order valence-electron chi connectivity index (χ0n) is 13.3. The van der Waals surface area contributed by atoms with Crippen LogP contribution in [0.3, 0.4) is 0 Å². The van der Waals surface area contributed by atoms with Crippen LogP contribution < -0.4 is 10.4 Å². The fourth-order valence-corrected chi connectivity index (χ4v) is 3.77. The Morgan fingerprint density at radius 2 is 1.87 bits per heavy atom. The first-order valence-corrected chi connectivity index (χ1v) is 8.09. The highest BCUT2D eigenvalue weighted by molar-refractivity contribution is 6.09. The molecular weight excluding hydrogens is 294 g/mol. The molecule has 0 spiro atoms. The van der Waals surface area contributed by atoms with Gasteiger partial charge in [0.05, 0.1) is 5.56 Å². The van der Waals surface area contributed by atoms with Gasteiger partial charge in [0, 0.05) is 36.5 Å². The van der Waals surface area contributed by atoms with Gasteiger partial charge in [-0.15, -0.1) is 0 Å². The molecule has 2 aliphatic rings. The molecule has 0 radical (unpaired) electrons. The molecule has 4 rings (SSSR count). The van der Waals surface area contributed by atoms with E-state index in [2.05, 4.69) is 4.90 Å². The van der Waals surface area contributed by atoms with Crippen molar-refractivity contribution < 1.29 is 13.9 Å². The van der Waals surface area contributed by atoms with Gasteiger partial charge >= 0.3 is 5.63 Å². The Balaban J connectivity index is 1.88. The number of likely N-dealkylation sites (tertiary alicyclic amines) is 1. The number of ketones is 1. The Kier molecular flexibility index (Phi) is 3.10. The van der Waals surface area contributed by atoms with E-state index >= 15 is 0 Å². The highest BCUT2D eigenvalue weighted by Crippen LogP contribution is 2.44. The average molecular weight is 313 g/mol. The molecular formula is C18H19NO4. The molecule has 1 atom stereocenters. The van der Waals surface area contributed by atoms with Gasteiger partial charge in [0.25, 0.3) is 0 Å². The van der Waals surface area contributed by atoms with Crippen molar-refractivity contribution in [3.05, 3.63) is 40.2 Å². The maximum atomic E-state index is 13.2. The molecule has 0 saturated carbocycles. The highest BCUT2D eigenvalue weighted by Gasteiger charge is 2.55. The van der Waals surface area contributed by atoms with Crippen LogP contribution in [0.2, 0.25) is 0 Å². The van der Waals surface area contributed by atoms with E-state index in [1.807, 2.05) is 13.8 Å². The molecule has 1 aromatic carbocycles. The second kappa shape index (κ2) is 4.93. The van der Waals surface area contributed by atoms with E-state index in [0.717, 1.165) is 31.3 Å². The minimum Gasteiger partial charge on any atom is -0.464 e. The number of hydrogen-bond acceptors (Lipinski definition) is 5. The zero-order valence-corrected chi connectivity index (χ0v) is 13.3. The molecule has 2 aliphatic heterocycles. The summed E-state index contributed by atoms with van der Waals surface area (Å²) < 4.78 is 11.4. The lowest BCUT2D eigenvalue weighted by atomic mass is 9.91. The van der Waals surface area contributed by atoms with Crippen LogP contribution in [0.25, 0.3) is 11.0 Å². The Morgan fingerprint density at radius 3 is 2.57 bits per heavy atom. The van der Waals surface area contributed by atoms with Crippen LogP contribution in [0, 0.1) is 5.92 Å². The molecule has 1 unspecified atom stereocenters. The average Bonchev–Trinajstić information content (AvgIpc) is 3.13. The summed E-state index contributed by atoms with van der Waals surface area (Å²) in [5.74, 6) is 0.547. The summed E-state index contributed by atoms with van der Waals surface area (Å²) in [6.07, 6.45) is 2.16. The summed E-state index contributed by atoms with van der Waals surface area (Å²) in [7, 11) is 0. The van der Waals surface area contributed by atoms with Crippen molar-refractivity contribution >= 4 is 16.8 Å². The van der Waals surface area contributed by atoms with Crippen molar-refractivity contribution in [2.24, 2.45) is 5.92 Å². The SMILES string of the molecule is CC(C)C1(N2CCCC2)Oc2cc3oc(=O)ccc3cc2C1=O. The Morgan fingerprint density at radius 1 is 1.13 bits per heavy atom. The number of ether oxygens (including phenoxy) is 1. The van der Waals surface area contributed by atoms with E-state index in [1.54, 1.807) is 18.2 Å². The minimum atomic E-state index is -0.934. The van der Waals surface area contributed by atoms with E-state index < -0.39 is 11.4 Å². The Labute approximate surface area is 133 Å². The predicted molar refractivity (Wildman–Crippen MR) is 85.8 cm³/mol. The first-order chi connectivity index (χ1) is 11.0. The molecule has 5 heteroatoms. The summed E-state index contributed by atoms with van der Waals surface area (Å²) in [5, 5.41) is 0.737. The van der Waals surface area contributed by atoms with E-state index in [4.69, 9.17) is 9.15 Å². The fourth-order valence-electron chi connectivity index (χ4n) is 3.77. The molecule has 5 nitrogen and oxygen atoms in total. The molecule has 120 valence electrons. The molecule has 0 amide bonds. The number of carbonyl (C=O) groups excluding carboxylic acids is 1. The van der Waals surface area contributed by atoms with Gasteiger partial charge in [-0.1, -0.05) is 13.8 Å². The molecule has 23 heavy (non-hydrogen) atoms. The maximum Gasteiger partial charge on any atom is 0.336 e. The zero-order chi connectivity index (χ0) is 16.2. The van der Waals surface area contributed by atoms with Crippen LogP contribution in [-0.2, 0) is 0 Å². The largest absolute Gasteiger partial charge is 0.464 e. The van der Waals surface area contributed by atoms with Crippen LogP contribution in [0.4, 0.5) is 0 Å². The predicted octanol–water partition coefficient (Wildman–Crippen LogP) is 2.82. The van der Waals surface area contributed by atoms with Gasteiger partial charge in [0.2, 0.25) is 11.5 Å². The first kappa shape index (κ1) is 14.5. The first-order valence-electron chi connectivity index (χ1n) is 8.09. The third-order valence-corrected chi connectivity index (χ3v) is 4.92. The van der Waals surface area contributed by atoms with Crippen molar-refractivity contribution in [3.8, 4) is 5.75 Å². The smallest absolute Gasteiger partial charge is 0.336 e. The van der Waals surface area contributed by atoms with Gasteiger partial charge in [-0.3, -0.25) is 9.69 Å². The number of carbonyl (C=O) groups is 1. The quantitative estimate of drug-likeness (QED) is 0.798.